The Hall–Kier alpha value is -1.03. The summed E-state index contributed by atoms with van der Waals surface area (Å²) in [4.78, 5) is 4.68. The number of halogens is 3. The molecule has 0 amide bonds. The SMILES string of the molecule is Cc1ccc2c(c1)nc(C(C)Cl)n2-c1ccc(Cl)c(Br)c1. The predicted octanol–water partition coefficient (Wildman–Crippen LogP) is 6.05. The molecule has 3 rings (SSSR count). The number of hydrogen-bond donors (Lipinski definition) is 0. The van der Waals surface area contributed by atoms with Gasteiger partial charge in [0.1, 0.15) is 5.82 Å². The van der Waals surface area contributed by atoms with Crippen molar-refractivity contribution in [2.24, 2.45) is 0 Å². The third-order valence-corrected chi connectivity index (χ3v) is 4.76. The Morgan fingerprint density at radius 2 is 1.95 bits per heavy atom. The molecule has 0 aliphatic heterocycles. The molecule has 0 saturated carbocycles. The second kappa shape index (κ2) is 5.64. The highest BCUT2D eigenvalue weighted by molar-refractivity contribution is 9.10. The van der Waals surface area contributed by atoms with Crippen molar-refractivity contribution in [3.63, 3.8) is 0 Å². The molecule has 0 fully saturated rings. The fourth-order valence-corrected chi connectivity index (χ4v) is 3.00. The average molecular weight is 384 g/mol. The highest BCUT2D eigenvalue weighted by Crippen LogP contribution is 2.31. The van der Waals surface area contributed by atoms with Gasteiger partial charge < -0.3 is 0 Å². The van der Waals surface area contributed by atoms with Crippen LogP contribution < -0.4 is 0 Å². The van der Waals surface area contributed by atoms with Crippen LogP contribution in [0.3, 0.4) is 0 Å². The van der Waals surface area contributed by atoms with E-state index >= 15 is 0 Å². The summed E-state index contributed by atoms with van der Waals surface area (Å²) in [5, 5.41) is 0.492. The molecule has 0 spiro atoms. The summed E-state index contributed by atoms with van der Waals surface area (Å²) in [5.74, 6) is 0.825. The first-order valence-corrected chi connectivity index (χ1v) is 8.16. The molecular formula is C16H13BrCl2N2. The van der Waals surface area contributed by atoms with Crippen LogP contribution in [0.2, 0.25) is 5.02 Å². The molecule has 2 aromatic carbocycles. The lowest BCUT2D eigenvalue weighted by atomic mass is 10.2. The summed E-state index contributed by atoms with van der Waals surface area (Å²) in [6, 6.07) is 12.0. The van der Waals surface area contributed by atoms with Gasteiger partial charge in [0.05, 0.1) is 21.4 Å². The van der Waals surface area contributed by atoms with E-state index in [1.54, 1.807) is 0 Å². The summed E-state index contributed by atoms with van der Waals surface area (Å²) < 4.78 is 2.93. The largest absolute Gasteiger partial charge is 0.295 e. The average Bonchev–Trinajstić information content (AvgIpc) is 2.80. The van der Waals surface area contributed by atoms with Crippen molar-refractivity contribution in [3.05, 3.63) is 57.3 Å². The predicted molar refractivity (Wildman–Crippen MR) is 92.8 cm³/mol. The molecule has 0 N–H and O–H groups in total. The van der Waals surface area contributed by atoms with E-state index in [9.17, 15) is 0 Å². The number of hydrogen-bond acceptors (Lipinski definition) is 1. The van der Waals surface area contributed by atoms with Gasteiger partial charge in [-0.3, -0.25) is 4.57 Å². The summed E-state index contributed by atoms with van der Waals surface area (Å²) in [7, 11) is 0. The van der Waals surface area contributed by atoms with Crippen molar-refractivity contribution in [2.45, 2.75) is 19.2 Å². The molecular weight excluding hydrogens is 371 g/mol. The Bertz CT molecular complexity index is 825. The van der Waals surface area contributed by atoms with Gasteiger partial charge in [-0.05, 0) is 65.7 Å². The number of rotatable bonds is 2. The van der Waals surface area contributed by atoms with Crippen molar-refractivity contribution < 1.29 is 0 Å². The zero-order chi connectivity index (χ0) is 15.1. The zero-order valence-corrected chi connectivity index (χ0v) is 14.7. The number of benzene rings is 2. The van der Waals surface area contributed by atoms with Gasteiger partial charge in [-0.25, -0.2) is 4.98 Å². The van der Waals surface area contributed by atoms with E-state index in [-0.39, 0.29) is 5.38 Å². The lowest BCUT2D eigenvalue weighted by Crippen LogP contribution is -2.01. The van der Waals surface area contributed by atoms with Crippen molar-refractivity contribution in [1.82, 2.24) is 9.55 Å². The third-order valence-electron chi connectivity index (χ3n) is 3.35. The lowest BCUT2D eigenvalue weighted by Gasteiger charge is -2.11. The molecule has 2 nitrogen and oxygen atoms in total. The number of imidazole rings is 1. The molecule has 1 heterocycles. The van der Waals surface area contributed by atoms with E-state index in [1.165, 1.54) is 5.56 Å². The Morgan fingerprint density at radius 3 is 2.62 bits per heavy atom. The van der Waals surface area contributed by atoms with E-state index in [4.69, 9.17) is 23.2 Å². The van der Waals surface area contributed by atoms with E-state index in [2.05, 4.69) is 50.6 Å². The molecule has 108 valence electrons. The maximum absolute atomic E-state index is 6.32. The molecule has 21 heavy (non-hydrogen) atoms. The smallest absolute Gasteiger partial charge is 0.132 e. The van der Waals surface area contributed by atoms with Crippen LogP contribution >= 0.6 is 39.1 Å². The molecule has 1 aromatic heterocycles. The minimum atomic E-state index is -0.188. The number of fused-ring (bicyclic) bond motifs is 1. The van der Waals surface area contributed by atoms with Gasteiger partial charge in [0.25, 0.3) is 0 Å². The Kier molecular flexibility index (Phi) is 4.00. The highest BCUT2D eigenvalue weighted by atomic mass is 79.9. The first-order valence-electron chi connectivity index (χ1n) is 6.56. The first-order chi connectivity index (χ1) is 9.97. The fourth-order valence-electron chi connectivity index (χ4n) is 2.37. The summed E-state index contributed by atoms with van der Waals surface area (Å²) in [5.41, 5.74) is 4.15. The van der Waals surface area contributed by atoms with E-state index in [0.717, 1.165) is 27.0 Å². The zero-order valence-electron chi connectivity index (χ0n) is 11.6. The molecule has 0 radical (unpaired) electrons. The molecule has 5 heteroatoms. The lowest BCUT2D eigenvalue weighted by molar-refractivity contribution is 0.882. The van der Waals surface area contributed by atoms with E-state index in [1.807, 2.05) is 25.1 Å². The van der Waals surface area contributed by atoms with E-state index < -0.39 is 0 Å². The maximum atomic E-state index is 6.32. The third kappa shape index (κ3) is 2.70. The van der Waals surface area contributed by atoms with E-state index in [0.29, 0.717) is 5.02 Å². The van der Waals surface area contributed by atoms with Crippen LogP contribution in [0.15, 0.2) is 40.9 Å². The van der Waals surface area contributed by atoms with Crippen LogP contribution in [0.4, 0.5) is 0 Å². The topological polar surface area (TPSA) is 17.8 Å². The van der Waals surface area contributed by atoms with Crippen molar-refractivity contribution in [2.75, 3.05) is 0 Å². The van der Waals surface area contributed by atoms with Gasteiger partial charge in [0, 0.05) is 10.2 Å². The molecule has 1 atom stereocenters. The Morgan fingerprint density at radius 1 is 1.19 bits per heavy atom. The molecule has 0 saturated heterocycles. The summed E-state index contributed by atoms with van der Waals surface area (Å²) in [6.07, 6.45) is 0. The van der Waals surface area contributed by atoms with Gasteiger partial charge in [-0.15, -0.1) is 11.6 Å². The monoisotopic (exact) mass is 382 g/mol. The van der Waals surface area contributed by atoms with Crippen LogP contribution in [0, 0.1) is 6.92 Å². The second-order valence-electron chi connectivity index (χ2n) is 5.01. The Labute approximate surface area is 141 Å². The van der Waals surface area contributed by atoms with Crippen LogP contribution in [0.5, 0.6) is 0 Å². The molecule has 0 bridgehead atoms. The standard InChI is InChI=1S/C16H13BrCl2N2/c1-9-3-6-15-14(7-9)20-16(10(2)18)21(15)11-4-5-13(19)12(17)8-11/h3-8,10H,1-2H3. The maximum Gasteiger partial charge on any atom is 0.132 e. The van der Waals surface area contributed by atoms with Crippen LogP contribution in [-0.2, 0) is 0 Å². The van der Waals surface area contributed by atoms with Gasteiger partial charge >= 0.3 is 0 Å². The number of alkyl halides is 1. The van der Waals surface area contributed by atoms with Gasteiger partial charge in [-0.2, -0.15) is 0 Å². The molecule has 0 aliphatic rings. The quantitative estimate of drug-likeness (QED) is 0.492. The Balaban J connectivity index is 2.33. The minimum Gasteiger partial charge on any atom is -0.295 e. The van der Waals surface area contributed by atoms with Crippen molar-refractivity contribution >= 4 is 50.2 Å². The van der Waals surface area contributed by atoms with Crippen LogP contribution in [0.25, 0.3) is 16.7 Å². The van der Waals surface area contributed by atoms with Crippen LogP contribution in [0.1, 0.15) is 23.7 Å². The van der Waals surface area contributed by atoms with Crippen molar-refractivity contribution in [3.8, 4) is 5.69 Å². The second-order valence-corrected chi connectivity index (χ2v) is 6.93. The molecule has 1 unspecified atom stereocenters. The number of aryl methyl sites for hydroxylation is 1. The highest BCUT2D eigenvalue weighted by Gasteiger charge is 2.17. The van der Waals surface area contributed by atoms with Crippen LogP contribution in [-0.4, -0.2) is 9.55 Å². The number of nitrogens with zero attached hydrogens (tertiary/aromatic N) is 2. The van der Waals surface area contributed by atoms with Gasteiger partial charge in [0.2, 0.25) is 0 Å². The van der Waals surface area contributed by atoms with Gasteiger partial charge in [-0.1, -0.05) is 17.7 Å². The minimum absolute atomic E-state index is 0.188. The van der Waals surface area contributed by atoms with Crippen molar-refractivity contribution in [1.29, 1.82) is 0 Å². The molecule has 0 aliphatic carbocycles. The molecule has 3 aromatic rings. The van der Waals surface area contributed by atoms with Gasteiger partial charge in [0.15, 0.2) is 0 Å². The fraction of sp³-hybridized carbons (Fsp3) is 0.188. The number of aromatic nitrogens is 2. The normalized spacial score (nSPS) is 12.8. The summed E-state index contributed by atoms with van der Waals surface area (Å²) in [6.45, 7) is 3.98. The first kappa shape index (κ1) is 14.9. The summed E-state index contributed by atoms with van der Waals surface area (Å²) >= 11 is 15.9.